The molecule has 1 aromatic heterocycles. The van der Waals surface area contributed by atoms with Crippen LogP contribution < -0.4 is 10.2 Å². The molecule has 0 spiro atoms. The maximum absolute atomic E-state index is 10.2. The van der Waals surface area contributed by atoms with Gasteiger partial charge in [-0.3, -0.25) is 0 Å². The molecular formula is C14H24N4O. The first-order valence-corrected chi connectivity index (χ1v) is 6.99. The summed E-state index contributed by atoms with van der Waals surface area (Å²) in [7, 11) is 1.88. The van der Waals surface area contributed by atoms with Gasteiger partial charge in [0.05, 0.1) is 5.60 Å². The van der Waals surface area contributed by atoms with Crippen molar-refractivity contribution in [1.29, 1.82) is 0 Å². The number of β-amino-alcohol motifs (C(OH)–C–C–N with tert-alkyl or cyclic N) is 1. The zero-order valence-electron chi connectivity index (χ0n) is 12.3. The van der Waals surface area contributed by atoms with E-state index in [1.54, 1.807) is 0 Å². The molecule has 2 rings (SSSR count). The molecule has 0 aliphatic carbocycles. The fourth-order valence-electron chi connectivity index (χ4n) is 2.66. The number of hydrogen-bond donors (Lipinski definition) is 2. The second-order valence-corrected chi connectivity index (χ2v) is 5.56. The van der Waals surface area contributed by atoms with E-state index in [1.165, 1.54) is 0 Å². The molecule has 1 aliphatic heterocycles. The van der Waals surface area contributed by atoms with Crippen LogP contribution in [-0.2, 0) is 6.42 Å². The predicted molar refractivity (Wildman–Crippen MR) is 77.8 cm³/mol. The molecule has 1 saturated heterocycles. The Morgan fingerprint density at radius 3 is 2.74 bits per heavy atom. The molecule has 0 radical (unpaired) electrons. The van der Waals surface area contributed by atoms with E-state index in [2.05, 4.69) is 27.1 Å². The van der Waals surface area contributed by atoms with Gasteiger partial charge in [0.2, 0.25) is 0 Å². The number of anilines is 2. The second kappa shape index (κ2) is 5.33. The highest BCUT2D eigenvalue weighted by atomic mass is 16.3. The molecule has 1 aromatic rings. The van der Waals surface area contributed by atoms with Crippen molar-refractivity contribution in [2.75, 3.05) is 30.4 Å². The number of aryl methyl sites for hydroxylation is 1. The Kier molecular flexibility index (Phi) is 3.94. The SMILES string of the molecule is CCc1nc(NC)c(C)c(N2CCCC(C)(O)C2)n1. The Bertz CT molecular complexity index is 459. The summed E-state index contributed by atoms with van der Waals surface area (Å²) in [6.45, 7) is 7.57. The fourth-order valence-corrected chi connectivity index (χ4v) is 2.66. The van der Waals surface area contributed by atoms with Crippen LogP contribution in [0.1, 0.15) is 38.1 Å². The standard InChI is InChI=1S/C14H24N4O/c1-5-11-16-12(15-4)10(2)13(17-11)18-8-6-7-14(3,19)9-18/h19H,5-9H2,1-4H3,(H,15,16,17). The lowest BCUT2D eigenvalue weighted by molar-refractivity contribution is 0.0446. The summed E-state index contributed by atoms with van der Waals surface area (Å²) in [5, 5.41) is 13.4. The van der Waals surface area contributed by atoms with Gasteiger partial charge in [-0.1, -0.05) is 6.92 Å². The van der Waals surface area contributed by atoms with Crippen molar-refractivity contribution >= 4 is 11.6 Å². The van der Waals surface area contributed by atoms with Crippen LogP contribution in [0.2, 0.25) is 0 Å². The third-order valence-corrected chi connectivity index (χ3v) is 3.69. The predicted octanol–water partition coefficient (Wildman–Crippen LogP) is 1.74. The summed E-state index contributed by atoms with van der Waals surface area (Å²) in [5.74, 6) is 2.68. The number of aliphatic hydroxyl groups is 1. The Morgan fingerprint density at radius 2 is 2.16 bits per heavy atom. The van der Waals surface area contributed by atoms with Crippen LogP contribution in [0.3, 0.4) is 0 Å². The Balaban J connectivity index is 2.37. The summed E-state index contributed by atoms with van der Waals surface area (Å²) in [6.07, 6.45) is 2.66. The molecule has 5 nitrogen and oxygen atoms in total. The topological polar surface area (TPSA) is 61.3 Å². The quantitative estimate of drug-likeness (QED) is 0.871. The van der Waals surface area contributed by atoms with Crippen LogP contribution in [0.25, 0.3) is 0 Å². The number of nitrogens with zero attached hydrogens (tertiary/aromatic N) is 3. The summed E-state index contributed by atoms with van der Waals surface area (Å²) >= 11 is 0. The van der Waals surface area contributed by atoms with Crippen molar-refractivity contribution in [2.24, 2.45) is 0 Å². The summed E-state index contributed by atoms with van der Waals surface area (Å²) in [4.78, 5) is 11.3. The molecule has 1 fully saturated rings. The molecule has 5 heteroatoms. The van der Waals surface area contributed by atoms with E-state index in [-0.39, 0.29) is 0 Å². The first kappa shape index (κ1) is 14.1. The van der Waals surface area contributed by atoms with Crippen LogP contribution in [0.15, 0.2) is 0 Å². The summed E-state index contributed by atoms with van der Waals surface area (Å²) in [5.41, 5.74) is 0.430. The van der Waals surface area contributed by atoms with Crippen molar-refractivity contribution in [3.8, 4) is 0 Å². The highest BCUT2D eigenvalue weighted by Gasteiger charge is 2.30. The van der Waals surface area contributed by atoms with E-state index in [4.69, 9.17) is 0 Å². The largest absolute Gasteiger partial charge is 0.388 e. The van der Waals surface area contributed by atoms with Gasteiger partial charge >= 0.3 is 0 Å². The van der Waals surface area contributed by atoms with Crippen molar-refractivity contribution < 1.29 is 5.11 Å². The van der Waals surface area contributed by atoms with Crippen LogP contribution in [0, 0.1) is 6.92 Å². The van der Waals surface area contributed by atoms with Crippen LogP contribution in [0.4, 0.5) is 11.6 Å². The Morgan fingerprint density at radius 1 is 1.42 bits per heavy atom. The molecular weight excluding hydrogens is 240 g/mol. The van der Waals surface area contributed by atoms with Crippen LogP contribution in [-0.4, -0.2) is 40.8 Å². The van der Waals surface area contributed by atoms with E-state index in [9.17, 15) is 5.11 Å². The molecule has 106 valence electrons. The van der Waals surface area contributed by atoms with E-state index in [0.29, 0.717) is 6.54 Å². The number of nitrogens with one attached hydrogen (secondary N) is 1. The van der Waals surface area contributed by atoms with Gasteiger partial charge in [-0.15, -0.1) is 0 Å². The molecule has 1 atom stereocenters. The lowest BCUT2D eigenvalue weighted by atomic mass is 9.95. The first-order valence-electron chi connectivity index (χ1n) is 6.99. The molecule has 2 N–H and O–H groups in total. The van der Waals surface area contributed by atoms with E-state index >= 15 is 0 Å². The van der Waals surface area contributed by atoms with Gasteiger partial charge in [0.15, 0.2) is 0 Å². The van der Waals surface area contributed by atoms with E-state index in [1.807, 2.05) is 20.9 Å². The summed E-state index contributed by atoms with van der Waals surface area (Å²) < 4.78 is 0. The lowest BCUT2D eigenvalue weighted by Gasteiger charge is -2.38. The van der Waals surface area contributed by atoms with E-state index in [0.717, 1.165) is 48.8 Å². The second-order valence-electron chi connectivity index (χ2n) is 5.56. The van der Waals surface area contributed by atoms with Gasteiger partial charge in [0.1, 0.15) is 17.5 Å². The third-order valence-electron chi connectivity index (χ3n) is 3.69. The number of aromatic nitrogens is 2. The van der Waals surface area contributed by atoms with Crippen molar-refractivity contribution in [3.05, 3.63) is 11.4 Å². The maximum Gasteiger partial charge on any atom is 0.137 e. The van der Waals surface area contributed by atoms with Gasteiger partial charge in [-0.05, 0) is 26.7 Å². The molecule has 0 bridgehead atoms. The minimum absolute atomic E-state index is 0.623. The lowest BCUT2D eigenvalue weighted by Crippen LogP contribution is -2.46. The Hall–Kier alpha value is -1.36. The van der Waals surface area contributed by atoms with Gasteiger partial charge in [0, 0.05) is 32.1 Å². The van der Waals surface area contributed by atoms with Gasteiger partial charge in [-0.25, -0.2) is 9.97 Å². The monoisotopic (exact) mass is 264 g/mol. The number of piperidine rings is 1. The molecule has 0 saturated carbocycles. The van der Waals surface area contributed by atoms with Gasteiger partial charge in [0.25, 0.3) is 0 Å². The Labute approximate surface area is 115 Å². The van der Waals surface area contributed by atoms with Crippen molar-refractivity contribution in [3.63, 3.8) is 0 Å². The fraction of sp³-hybridized carbons (Fsp3) is 0.714. The highest BCUT2D eigenvalue weighted by Crippen LogP contribution is 2.29. The van der Waals surface area contributed by atoms with Gasteiger partial charge in [-0.2, -0.15) is 0 Å². The van der Waals surface area contributed by atoms with Crippen molar-refractivity contribution in [1.82, 2.24) is 9.97 Å². The average molecular weight is 264 g/mol. The molecule has 0 amide bonds. The van der Waals surface area contributed by atoms with Crippen LogP contribution >= 0.6 is 0 Å². The summed E-state index contributed by atoms with van der Waals surface area (Å²) in [6, 6.07) is 0. The third kappa shape index (κ3) is 2.97. The number of hydrogen-bond acceptors (Lipinski definition) is 5. The van der Waals surface area contributed by atoms with E-state index < -0.39 is 5.60 Å². The zero-order valence-corrected chi connectivity index (χ0v) is 12.3. The molecule has 0 aromatic carbocycles. The maximum atomic E-state index is 10.2. The van der Waals surface area contributed by atoms with Gasteiger partial charge < -0.3 is 15.3 Å². The first-order chi connectivity index (χ1) is 8.96. The highest BCUT2D eigenvalue weighted by molar-refractivity contribution is 5.58. The molecule has 1 aliphatic rings. The van der Waals surface area contributed by atoms with Crippen molar-refractivity contribution in [2.45, 2.75) is 45.6 Å². The number of rotatable bonds is 3. The minimum Gasteiger partial charge on any atom is -0.388 e. The normalized spacial score (nSPS) is 23.5. The minimum atomic E-state index is -0.623. The van der Waals surface area contributed by atoms with Crippen LogP contribution in [0.5, 0.6) is 0 Å². The zero-order chi connectivity index (χ0) is 14.0. The molecule has 2 heterocycles. The average Bonchev–Trinajstić information content (AvgIpc) is 2.38. The molecule has 19 heavy (non-hydrogen) atoms. The smallest absolute Gasteiger partial charge is 0.137 e. The molecule has 1 unspecified atom stereocenters.